The number of fused-ring (bicyclic) bond motifs is 1. The Hall–Kier alpha value is -3.29. The van der Waals surface area contributed by atoms with E-state index in [-0.39, 0.29) is 18.7 Å². The molecule has 7 heteroatoms. The molecule has 1 atom stereocenters. The van der Waals surface area contributed by atoms with E-state index in [1.54, 1.807) is 17.1 Å². The molecule has 2 heterocycles. The number of hydrogen-bond donors (Lipinski definition) is 1. The van der Waals surface area contributed by atoms with Crippen molar-refractivity contribution in [3.05, 3.63) is 89.0 Å². The first-order valence-electron chi connectivity index (χ1n) is 9.01. The third-order valence-corrected chi connectivity index (χ3v) is 4.34. The SMILES string of the molecule is O=c1c2nn(-c3ccccc3)cc2cnn1CC(O)COCc1ccccc1. The summed E-state index contributed by atoms with van der Waals surface area (Å²) in [6.07, 6.45) is 2.51. The van der Waals surface area contributed by atoms with E-state index in [1.165, 1.54) is 4.68 Å². The predicted octanol–water partition coefficient (Wildman–Crippen LogP) is 2.16. The van der Waals surface area contributed by atoms with Gasteiger partial charge in [-0.3, -0.25) is 4.79 Å². The van der Waals surface area contributed by atoms with E-state index in [9.17, 15) is 9.90 Å². The lowest BCUT2D eigenvalue weighted by Gasteiger charge is -2.12. The van der Waals surface area contributed by atoms with Gasteiger partial charge in [0.2, 0.25) is 0 Å². The van der Waals surface area contributed by atoms with Crippen molar-refractivity contribution in [2.45, 2.75) is 19.3 Å². The van der Waals surface area contributed by atoms with Gasteiger partial charge in [0.15, 0.2) is 5.52 Å². The first kappa shape index (κ1) is 18.1. The van der Waals surface area contributed by atoms with Gasteiger partial charge in [-0.15, -0.1) is 0 Å². The number of aliphatic hydroxyl groups excluding tert-OH is 1. The average Bonchev–Trinajstić information content (AvgIpc) is 3.17. The second kappa shape index (κ2) is 8.16. The zero-order chi connectivity index (χ0) is 19.3. The van der Waals surface area contributed by atoms with Crippen molar-refractivity contribution in [1.82, 2.24) is 19.6 Å². The minimum atomic E-state index is -0.845. The molecule has 2 aromatic heterocycles. The van der Waals surface area contributed by atoms with Crippen molar-refractivity contribution in [2.24, 2.45) is 0 Å². The Kier molecular flexibility index (Phi) is 5.27. The highest BCUT2D eigenvalue weighted by molar-refractivity contribution is 5.76. The van der Waals surface area contributed by atoms with Crippen LogP contribution in [-0.2, 0) is 17.9 Å². The Bertz CT molecular complexity index is 1110. The number of para-hydroxylation sites is 1. The van der Waals surface area contributed by atoms with Crippen LogP contribution in [0.4, 0.5) is 0 Å². The minimum Gasteiger partial charge on any atom is -0.389 e. The van der Waals surface area contributed by atoms with E-state index >= 15 is 0 Å². The molecule has 0 saturated carbocycles. The number of ether oxygens (including phenoxy) is 1. The molecule has 7 nitrogen and oxygen atoms in total. The maximum atomic E-state index is 12.7. The maximum Gasteiger partial charge on any atom is 0.295 e. The molecule has 2 aromatic carbocycles. The first-order valence-corrected chi connectivity index (χ1v) is 9.01. The fraction of sp³-hybridized carbons (Fsp3) is 0.190. The Morgan fingerprint density at radius 3 is 2.50 bits per heavy atom. The van der Waals surface area contributed by atoms with Crippen LogP contribution in [-0.4, -0.2) is 37.4 Å². The lowest BCUT2D eigenvalue weighted by Crippen LogP contribution is -2.31. The Morgan fingerprint density at radius 2 is 1.75 bits per heavy atom. The third kappa shape index (κ3) is 4.00. The molecule has 1 unspecified atom stereocenters. The van der Waals surface area contributed by atoms with E-state index in [2.05, 4.69) is 10.2 Å². The van der Waals surface area contributed by atoms with Crippen LogP contribution in [0.5, 0.6) is 0 Å². The lowest BCUT2D eigenvalue weighted by molar-refractivity contribution is 0.0181. The second-order valence-corrected chi connectivity index (χ2v) is 6.50. The molecule has 0 aliphatic carbocycles. The van der Waals surface area contributed by atoms with Gasteiger partial charge in [0.25, 0.3) is 5.56 Å². The Labute approximate surface area is 161 Å². The van der Waals surface area contributed by atoms with Crippen LogP contribution in [0.1, 0.15) is 5.56 Å². The van der Waals surface area contributed by atoms with Crippen molar-refractivity contribution in [3.63, 3.8) is 0 Å². The van der Waals surface area contributed by atoms with Gasteiger partial charge in [0.1, 0.15) is 0 Å². The molecule has 0 aliphatic rings. The zero-order valence-electron chi connectivity index (χ0n) is 15.2. The van der Waals surface area contributed by atoms with Crippen LogP contribution in [0.2, 0.25) is 0 Å². The lowest BCUT2D eigenvalue weighted by atomic mass is 10.2. The molecule has 0 spiro atoms. The summed E-state index contributed by atoms with van der Waals surface area (Å²) in [4.78, 5) is 12.7. The van der Waals surface area contributed by atoms with Crippen molar-refractivity contribution in [1.29, 1.82) is 0 Å². The van der Waals surface area contributed by atoms with Gasteiger partial charge >= 0.3 is 0 Å². The second-order valence-electron chi connectivity index (χ2n) is 6.50. The van der Waals surface area contributed by atoms with Crippen molar-refractivity contribution >= 4 is 10.9 Å². The number of aromatic nitrogens is 4. The summed E-state index contributed by atoms with van der Waals surface area (Å²) in [5, 5.41) is 19.4. The van der Waals surface area contributed by atoms with Crippen LogP contribution in [0, 0.1) is 0 Å². The van der Waals surface area contributed by atoms with Crippen molar-refractivity contribution in [3.8, 4) is 5.69 Å². The van der Waals surface area contributed by atoms with E-state index in [4.69, 9.17) is 4.74 Å². The van der Waals surface area contributed by atoms with E-state index in [0.29, 0.717) is 17.5 Å². The first-order chi connectivity index (χ1) is 13.7. The third-order valence-electron chi connectivity index (χ3n) is 4.34. The van der Waals surface area contributed by atoms with Crippen LogP contribution in [0.15, 0.2) is 77.9 Å². The molecule has 4 aromatic rings. The summed E-state index contributed by atoms with van der Waals surface area (Å²) in [6, 6.07) is 19.3. The molecular weight excluding hydrogens is 356 g/mol. The fourth-order valence-corrected chi connectivity index (χ4v) is 2.94. The highest BCUT2D eigenvalue weighted by Crippen LogP contribution is 2.12. The number of hydrogen-bond acceptors (Lipinski definition) is 5. The molecule has 4 rings (SSSR count). The topological polar surface area (TPSA) is 82.2 Å². The maximum absolute atomic E-state index is 12.7. The minimum absolute atomic E-state index is 0.0434. The highest BCUT2D eigenvalue weighted by Gasteiger charge is 2.13. The summed E-state index contributed by atoms with van der Waals surface area (Å²) in [6.45, 7) is 0.558. The zero-order valence-corrected chi connectivity index (χ0v) is 15.2. The van der Waals surface area contributed by atoms with Crippen LogP contribution < -0.4 is 5.56 Å². The molecule has 28 heavy (non-hydrogen) atoms. The summed E-state index contributed by atoms with van der Waals surface area (Å²) >= 11 is 0. The van der Waals surface area contributed by atoms with Gasteiger partial charge in [0.05, 0.1) is 37.7 Å². The highest BCUT2D eigenvalue weighted by atomic mass is 16.5. The van der Waals surface area contributed by atoms with Crippen LogP contribution in [0.25, 0.3) is 16.6 Å². The quantitative estimate of drug-likeness (QED) is 0.534. The standard InChI is InChI=1S/C21H20N4O3/c26-19(15-28-14-16-7-3-1-4-8-16)13-25-21(27)20-17(11-22-25)12-24(23-20)18-9-5-2-6-10-18/h1-12,19,26H,13-15H2. The molecule has 0 fully saturated rings. The number of rotatable bonds is 7. The molecule has 0 saturated heterocycles. The number of aliphatic hydroxyl groups is 1. The summed E-state index contributed by atoms with van der Waals surface area (Å²) in [5.41, 5.74) is 1.86. The number of benzene rings is 2. The van der Waals surface area contributed by atoms with Gasteiger partial charge in [0, 0.05) is 11.6 Å². The average molecular weight is 376 g/mol. The van der Waals surface area contributed by atoms with E-state index in [0.717, 1.165) is 11.3 Å². The summed E-state index contributed by atoms with van der Waals surface area (Å²) in [7, 11) is 0. The monoisotopic (exact) mass is 376 g/mol. The van der Waals surface area contributed by atoms with Crippen molar-refractivity contribution in [2.75, 3.05) is 6.61 Å². The predicted molar refractivity (Wildman–Crippen MR) is 105 cm³/mol. The largest absolute Gasteiger partial charge is 0.389 e. The molecule has 0 radical (unpaired) electrons. The summed E-state index contributed by atoms with van der Waals surface area (Å²) in [5.74, 6) is 0. The molecule has 0 amide bonds. The van der Waals surface area contributed by atoms with Gasteiger partial charge in [-0.25, -0.2) is 9.36 Å². The molecule has 1 N–H and O–H groups in total. The van der Waals surface area contributed by atoms with Gasteiger partial charge < -0.3 is 9.84 Å². The van der Waals surface area contributed by atoms with Gasteiger partial charge in [-0.2, -0.15) is 10.2 Å². The number of nitrogens with zero attached hydrogens (tertiary/aromatic N) is 4. The van der Waals surface area contributed by atoms with Crippen LogP contribution in [0.3, 0.4) is 0 Å². The normalized spacial score (nSPS) is 12.3. The molecular formula is C21H20N4O3. The fourth-order valence-electron chi connectivity index (χ4n) is 2.94. The molecule has 0 bridgehead atoms. The van der Waals surface area contributed by atoms with Gasteiger partial charge in [-0.05, 0) is 17.7 Å². The van der Waals surface area contributed by atoms with Gasteiger partial charge in [-0.1, -0.05) is 48.5 Å². The van der Waals surface area contributed by atoms with Crippen LogP contribution >= 0.6 is 0 Å². The smallest absolute Gasteiger partial charge is 0.295 e. The van der Waals surface area contributed by atoms with Crippen molar-refractivity contribution < 1.29 is 9.84 Å². The molecule has 0 aliphatic heterocycles. The Morgan fingerprint density at radius 1 is 1.04 bits per heavy atom. The Balaban J connectivity index is 1.45. The van der Waals surface area contributed by atoms with E-state index < -0.39 is 6.10 Å². The molecule has 142 valence electrons. The van der Waals surface area contributed by atoms with E-state index in [1.807, 2.05) is 60.7 Å². The summed E-state index contributed by atoms with van der Waals surface area (Å²) < 4.78 is 8.40.